The minimum atomic E-state index is -0.644. The van der Waals surface area contributed by atoms with Gasteiger partial charge in [-0.1, -0.05) is 31.4 Å². The van der Waals surface area contributed by atoms with Gasteiger partial charge in [0.2, 0.25) is 0 Å². The first-order valence-electron chi connectivity index (χ1n) is 8.35. The van der Waals surface area contributed by atoms with Crippen LogP contribution in [0.3, 0.4) is 0 Å². The molecular weight excluding hydrogens is 360 g/mol. The zero-order valence-corrected chi connectivity index (χ0v) is 15.9. The van der Waals surface area contributed by atoms with Crippen molar-refractivity contribution in [3.05, 3.63) is 66.8 Å². The molecule has 2 aromatic rings. The Kier molecular flexibility index (Phi) is 6.50. The van der Waals surface area contributed by atoms with E-state index in [4.69, 9.17) is 14.2 Å². The summed E-state index contributed by atoms with van der Waals surface area (Å²) in [7, 11) is 0. The van der Waals surface area contributed by atoms with Gasteiger partial charge in [0, 0.05) is 18.1 Å². The lowest BCUT2D eigenvalue weighted by molar-refractivity contribution is -0.132. The molecule has 2 rings (SSSR count). The number of carbonyl (C=O) groups is 3. The Labute approximate surface area is 163 Å². The van der Waals surface area contributed by atoms with E-state index in [1.54, 1.807) is 36.4 Å². The molecular formula is C22H20O6. The third-order valence-corrected chi connectivity index (χ3v) is 3.50. The molecule has 6 heteroatoms. The standard InChI is InChI=1S/C22H20O6/c1-13(2)21(24)27-19-11-8-17(12-20(19)28-22(25)14(3)4)16-6-9-18(10-7-16)26-15(5)23/h6-12H,1,3H2,2,4-5H3. The van der Waals surface area contributed by atoms with Crippen LogP contribution in [-0.2, 0) is 14.4 Å². The molecule has 0 fully saturated rings. The lowest BCUT2D eigenvalue weighted by Crippen LogP contribution is -2.12. The fraction of sp³-hybridized carbons (Fsp3) is 0.136. The maximum absolute atomic E-state index is 12.0. The van der Waals surface area contributed by atoms with Crippen molar-refractivity contribution in [2.45, 2.75) is 20.8 Å². The lowest BCUT2D eigenvalue weighted by atomic mass is 10.0. The Morgan fingerprint density at radius 2 is 1.18 bits per heavy atom. The number of esters is 3. The van der Waals surface area contributed by atoms with E-state index in [1.807, 2.05) is 0 Å². The van der Waals surface area contributed by atoms with E-state index in [9.17, 15) is 14.4 Å². The van der Waals surface area contributed by atoms with Crippen LogP contribution in [0.25, 0.3) is 11.1 Å². The van der Waals surface area contributed by atoms with Crippen molar-refractivity contribution in [2.24, 2.45) is 0 Å². The highest BCUT2D eigenvalue weighted by Gasteiger charge is 2.16. The smallest absolute Gasteiger partial charge is 0.338 e. The predicted octanol–water partition coefficient (Wildman–Crippen LogP) is 4.24. The summed E-state index contributed by atoms with van der Waals surface area (Å²) in [6.45, 7) is 11.4. The van der Waals surface area contributed by atoms with Gasteiger partial charge in [-0.2, -0.15) is 0 Å². The Balaban J connectivity index is 2.39. The maximum Gasteiger partial charge on any atom is 0.338 e. The van der Waals surface area contributed by atoms with Crippen molar-refractivity contribution in [3.8, 4) is 28.4 Å². The van der Waals surface area contributed by atoms with Gasteiger partial charge >= 0.3 is 17.9 Å². The van der Waals surface area contributed by atoms with Gasteiger partial charge in [0.25, 0.3) is 0 Å². The van der Waals surface area contributed by atoms with Crippen LogP contribution < -0.4 is 14.2 Å². The lowest BCUT2D eigenvalue weighted by Gasteiger charge is -2.13. The van der Waals surface area contributed by atoms with Crippen molar-refractivity contribution in [1.29, 1.82) is 0 Å². The van der Waals surface area contributed by atoms with Gasteiger partial charge in [-0.3, -0.25) is 4.79 Å². The quantitative estimate of drug-likeness (QED) is 0.424. The second-order valence-corrected chi connectivity index (χ2v) is 6.12. The van der Waals surface area contributed by atoms with E-state index in [-0.39, 0.29) is 22.6 Å². The van der Waals surface area contributed by atoms with Crippen LogP contribution in [0.2, 0.25) is 0 Å². The summed E-state index contributed by atoms with van der Waals surface area (Å²) in [6.07, 6.45) is 0. The van der Waals surface area contributed by atoms with Crippen molar-refractivity contribution in [1.82, 2.24) is 0 Å². The first-order chi connectivity index (χ1) is 13.2. The molecule has 0 aliphatic rings. The molecule has 0 aromatic heterocycles. The van der Waals surface area contributed by atoms with Crippen LogP contribution in [0.15, 0.2) is 66.8 Å². The van der Waals surface area contributed by atoms with E-state index in [1.165, 1.54) is 26.8 Å². The molecule has 0 saturated heterocycles. The highest BCUT2D eigenvalue weighted by Crippen LogP contribution is 2.34. The highest BCUT2D eigenvalue weighted by molar-refractivity contribution is 5.91. The highest BCUT2D eigenvalue weighted by atomic mass is 16.6. The fourth-order valence-electron chi connectivity index (χ4n) is 2.11. The van der Waals surface area contributed by atoms with Gasteiger partial charge in [-0.25, -0.2) is 9.59 Å². The van der Waals surface area contributed by atoms with Crippen molar-refractivity contribution < 1.29 is 28.6 Å². The van der Waals surface area contributed by atoms with Gasteiger partial charge in [0.1, 0.15) is 5.75 Å². The number of ether oxygens (including phenoxy) is 3. The van der Waals surface area contributed by atoms with Crippen molar-refractivity contribution in [2.75, 3.05) is 0 Å². The van der Waals surface area contributed by atoms with Gasteiger partial charge < -0.3 is 14.2 Å². The Morgan fingerprint density at radius 3 is 1.68 bits per heavy atom. The molecule has 144 valence electrons. The number of carbonyl (C=O) groups excluding carboxylic acids is 3. The molecule has 2 aromatic carbocycles. The second kappa shape index (κ2) is 8.81. The zero-order valence-electron chi connectivity index (χ0n) is 15.9. The van der Waals surface area contributed by atoms with E-state index in [0.717, 1.165) is 5.56 Å². The summed E-state index contributed by atoms with van der Waals surface area (Å²) in [5, 5.41) is 0. The van der Waals surface area contributed by atoms with Crippen LogP contribution in [-0.4, -0.2) is 17.9 Å². The summed E-state index contributed by atoms with van der Waals surface area (Å²) in [4.78, 5) is 34.8. The topological polar surface area (TPSA) is 78.9 Å². The number of hydrogen-bond acceptors (Lipinski definition) is 6. The van der Waals surface area contributed by atoms with E-state index < -0.39 is 17.9 Å². The molecule has 28 heavy (non-hydrogen) atoms. The predicted molar refractivity (Wildman–Crippen MR) is 104 cm³/mol. The van der Waals surface area contributed by atoms with Crippen molar-refractivity contribution in [3.63, 3.8) is 0 Å². The van der Waals surface area contributed by atoms with E-state index in [0.29, 0.717) is 11.3 Å². The van der Waals surface area contributed by atoms with Gasteiger partial charge in [-0.05, 0) is 49.2 Å². The third-order valence-electron chi connectivity index (χ3n) is 3.50. The summed E-state index contributed by atoms with van der Waals surface area (Å²) < 4.78 is 15.6. The molecule has 0 heterocycles. The average molecular weight is 380 g/mol. The summed E-state index contributed by atoms with van der Waals surface area (Å²) in [5.41, 5.74) is 1.89. The molecule has 0 saturated carbocycles. The normalized spacial score (nSPS) is 9.96. The maximum atomic E-state index is 12.0. The molecule has 0 atom stereocenters. The van der Waals surface area contributed by atoms with Crippen LogP contribution in [0.5, 0.6) is 17.2 Å². The molecule has 0 aliphatic carbocycles. The SMILES string of the molecule is C=C(C)C(=O)Oc1ccc(-c2ccc(OC(C)=O)cc2)cc1OC(=O)C(=C)C. The molecule has 0 unspecified atom stereocenters. The Bertz CT molecular complexity index is 953. The van der Waals surface area contributed by atoms with E-state index >= 15 is 0 Å². The zero-order chi connectivity index (χ0) is 20.8. The minimum Gasteiger partial charge on any atom is -0.427 e. The molecule has 0 bridgehead atoms. The largest absolute Gasteiger partial charge is 0.427 e. The third kappa shape index (κ3) is 5.41. The first kappa shape index (κ1) is 20.6. The molecule has 0 radical (unpaired) electrons. The van der Waals surface area contributed by atoms with Gasteiger partial charge in [0.05, 0.1) is 0 Å². The minimum absolute atomic E-state index is 0.0733. The van der Waals surface area contributed by atoms with E-state index in [2.05, 4.69) is 13.2 Å². The molecule has 0 aliphatic heterocycles. The monoisotopic (exact) mass is 380 g/mol. The van der Waals surface area contributed by atoms with Gasteiger partial charge in [0.15, 0.2) is 11.5 Å². The van der Waals surface area contributed by atoms with Crippen LogP contribution in [0, 0.1) is 0 Å². The fourth-order valence-corrected chi connectivity index (χ4v) is 2.11. The summed E-state index contributed by atoms with van der Waals surface area (Å²) >= 11 is 0. The van der Waals surface area contributed by atoms with Crippen LogP contribution in [0.1, 0.15) is 20.8 Å². The summed E-state index contributed by atoms with van der Waals surface area (Å²) in [5.74, 6) is -1.12. The Hall–Kier alpha value is -3.67. The average Bonchev–Trinajstić information content (AvgIpc) is 2.63. The number of rotatable bonds is 6. The van der Waals surface area contributed by atoms with Gasteiger partial charge in [-0.15, -0.1) is 0 Å². The summed E-state index contributed by atoms with van der Waals surface area (Å²) in [6, 6.07) is 11.6. The van der Waals surface area contributed by atoms with Crippen LogP contribution in [0.4, 0.5) is 0 Å². The number of benzene rings is 2. The molecule has 0 amide bonds. The second-order valence-electron chi connectivity index (χ2n) is 6.12. The Morgan fingerprint density at radius 1 is 0.679 bits per heavy atom. The first-order valence-corrected chi connectivity index (χ1v) is 8.35. The van der Waals surface area contributed by atoms with Crippen molar-refractivity contribution >= 4 is 17.9 Å². The molecule has 6 nitrogen and oxygen atoms in total. The molecule has 0 spiro atoms. The van der Waals surface area contributed by atoms with Crippen LogP contribution >= 0.6 is 0 Å². The molecule has 0 N–H and O–H groups in total. The number of hydrogen-bond donors (Lipinski definition) is 0.